The number of carbonyl (C=O) groups excluding carboxylic acids is 1. The first-order valence-electron chi connectivity index (χ1n) is 6.40. The highest BCUT2D eigenvalue weighted by Crippen LogP contribution is 2.55. The second-order valence-corrected chi connectivity index (χ2v) is 7.49. The summed E-state index contributed by atoms with van der Waals surface area (Å²) < 4.78 is 152. The van der Waals surface area contributed by atoms with Gasteiger partial charge in [0.05, 0.1) is 0 Å². The van der Waals surface area contributed by atoms with Crippen molar-refractivity contribution in [3.05, 3.63) is 12.2 Å². The number of likely N-dealkylation sites (N-methyl/N-ethyl adjacent to an activating group) is 1. The first kappa shape index (κ1) is 25.4. The first-order valence-corrected chi connectivity index (χ1v) is 7.84. The van der Waals surface area contributed by atoms with Gasteiger partial charge in [-0.1, -0.05) is 6.58 Å². The van der Waals surface area contributed by atoms with Gasteiger partial charge in [0.25, 0.3) is 0 Å². The largest absolute Gasteiger partial charge is 0.467 e. The van der Waals surface area contributed by atoms with Gasteiger partial charge in [-0.2, -0.15) is 47.9 Å². The molecule has 0 aromatic heterocycles. The summed E-state index contributed by atoms with van der Waals surface area (Å²) in [5.74, 6) is -16.3. The van der Waals surface area contributed by atoms with Gasteiger partial charge >= 0.3 is 39.3 Å². The molecular weight excluding hydrogens is 432 g/mol. The van der Waals surface area contributed by atoms with E-state index in [2.05, 4.69) is 11.3 Å². The Morgan fingerprint density at radius 3 is 1.74 bits per heavy atom. The number of hydrogen-bond acceptors (Lipinski definition) is 4. The van der Waals surface area contributed by atoms with Crippen molar-refractivity contribution in [2.24, 2.45) is 0 Å². The van der Waals surface area contributed by atoms with E-state index >= 15 is 0 Å². The second kappa shape index (κ2) is 7.10. The average molecular weight is 444 g/mol. The minimum atomic E-state index is -7.56. The zero-order valence-electron chi connectivity index (χ0n) is 13.4. The van der Waals surface area contributed by atoms with Gasteiger partial charge in [0, 0.05) is 10.1 Å². The molecule has 16 heteroatoms. The van der Waals surface area contributed by atoms with Crippen LogP contribution in [0, 0.1) is 0 Å². The number of quaternary nitrogens is 1. The highest BCUT2D eigenvalue weighted by atomic mass is 32.2. The number of hydrogen-bond donors (Lipinski definition) is 0. The molecule has 0 aliphatic rings. The van der Waals surface area contributed by atoms with Crippen LogP contribution >= 0.6 is 0 Å². The predicted molar refractivity (Wildman–Crippen MR) is 67.7 cm³/mol. The maximum absolute atomic E-state index is 14.0. The fourth-order valence-electron chi connectivity index (χ4n) is 1.31. The molecule has 0 saturated heterocycles. The lowest BCUT2D eigenvalue weighted by Crippen LogP contribution is -2.67. The Kier molecular flexibility index (Phi) is 6.69. The fourth-order valence-corrected chi connectivity index (χ4v) is 2.55. The summed E-state index contributed by atoms with van der Waals surface area (Å²) in [6.45, 7) is 0.939. The molecule has 0 heterocycles. The van der Waals surface area contributed by atoms with Crippen molar-refractivity contribution in [1.82, 2.24) is 0 Å². The van der Waals surface area contributed by atoms with Gasteiger partial charge < -0.3 is 4.74 Å². The molecule has 0 aliphatic carbocycles. The summed E-state index contributed by atoms with van der Waals surface area (Å²) in [7, 11) is -7.71. The van der Waals surface area contributed by atoms with E-state index in [1.165, 1.54) is 0 Å². The number of carbonyl (C=O) groups is 1. The van der Waals surface area contributed by atoms with Crippen molar-refractivity contribution in [1.29, 1.82) is 0 Å². The zero-order chi connectivity index (χ0) is 22.3. The van der Waals surface area contributed by atoms with Gasteiger partial charge in [0.1, 0.15) is 13.7 Å². The maximum atomic E-state index is 14.0. The van der Waals surface area contributed by atoms with Crippen LogP contribution in [0.15, 0.2) is 12.2 Å². The van der Waals surface area contributed by atoms with Gasteiger partial charge in [-0.05, 0) is 11.0 Å². The van der Waals surface area contributed by atoms with E-state index in [0.717, 1.165) is 6.92 Å². The molecule has 0 N–H and O–H groups in total. The highest BCUT2D eigenvalue weighted by molar-refractivity contribution is 7.87. The van der Waals surface area contributed by atoms with Crippen molar-refractivity contribution in [3.8, 4) is 0 Å². The minimum absolute atomic E-state index is 0.312. The van der Waals surface area contributed by atoms with Gasteiger partial charge in [0.2, 0.25) is 0 Å². The molecule has 0 bridgehead atoms. The Morgan fingerprint density at radius 2 is 1.41 bits per heavy atom. The molecule has 160 valence electrons. The molecule has 0 amide bonds. The van der Waals surface area contributed by atoms with E-state index in [9.17, 15) is 57.2 Å². The minimum Gasteiger partial charge on any atom is -0.456 e. The summed E-state index contributed by atoms with van der Waals surface area (Å²) >= 11 is 0. The van der Waals surface area contributed by atoms with Crippen LogP contribution in [0.3, 0.4) is 0 Å². The molecule has 0 aromatic carbocycles. The van der Waals surface area contributed by atoms with E-state index in [1.807, 2.05) is 0 Å². The van der Waals surface area contributed by atoms with Crippen LogP contribution in [0.1, 0.15) is 6.92 Å². The smallest absolute Gasteiger partial charge is 0.456 e. The SMILES string of the molecule is C=C(C)C(=O)OCC[N+](C)(F)S(=O)(=O)C(F)(F)C(F)(F)C(F)(F)C(F)(F)F. The van der Waals surface area contributed by atoms with Crippen LogP contribution in [0.2, 0.25) is 0 Å². The van der Waals surface area contributed by atoms with E-state index in [0.29, 0.717) is 0 Å². The van der Waals surface area contributed by atoms with Crippen molar-refractivity contribution in [2.45, 2.75) is 30.2 Å². The number of halogens is 10. The van der Waals surface area contributed by atoms with Crippen LogP contribution in [-0.2, 0) is 19.6 Å². The first-order chi connectivity index (χ1) is 11.6. The van der Waals surface area contributed by atoms with Gasteiger partial charge in [-0.25, -0.2) is 4.79 Å². The third-order valence-electron chi connectivity index (χ3n) is 3.01. The molecule has 0 aliphatic heterocycles. The van der Waals surface area contributed by atoms with Crippen LogP contribution in [0.5, 0.6) is 0 Å². The molecule has 1 atom stereocenters. The molecule has 0 radical (unpaired) electrons. The molecule has 0 rings (SSSR count). The molecule has 1 unspecified atom stereocenters. The van der Waals surface area contributed by atoms with Crippen LogP contribution in [-0.4, -0.2) is 62.0 Å². The number of esters is 1. The Morgan fingerprint density at radius 1 is 1.00 bits per heavy atom. The van der Waals surface area contributed by atoms with Crippen molar-refractivity contribution in [3.63, 3.8) is 0 Å². The Bertz CT molecular complexity index is 698. The summed E-state index contributed by atoms with van der Waals surface area (Å²) in [6, 6.07) is 0. The molecular formula is C11H12F10NO4S+. The molecule has 27 heavy (non-hydrogen) atoms. The number of rotatable bonds is 8. The van der Waals surface area contributed by atoms with Gasteiger partial charge in [0.15, 0.2) is 6.54 Å². The third-order valence-corrected chi connectivity index (χ3v) is 5.10. The lowest BCUT2D eigenvalue weighted by atomic mass is 10.1. The normalized spacial score (nSPS) is 16.6. The van der Waals surface area contributed by atoms with E-state index in [4.69, 9.17) is 0 Å². The molecule has 0 saturated carbocycles. The fraction of sp³-hybridized carbons (Fsp3) is 0.727. The second-order valence-electron chi connectivity index (χ2n) is 5.26. The Hall–Kier alpha value is -1.58. The summed E-state index contributed by atoms with van der Waals surface area (Å²) in [4.78, 5) is 11.0. The van der Waals surface area contributed by atoms with E-state index < -0.39 is 56.5 Å². The third kappa shape index (κ3) is 4.14. The lowest BCUT2D eigenvalue weighted by molar-refractivity contribution is -0.934. The Labute approximate surface area is 145 Å². The lowest BCUT2D eigenvalue weighted by Gasteiger charge is -2.34. The van der Waals surface area contributed by atoms with Gasteiger partial charge in [-0.15, -0.1) is 0 Å². The maximum Gasteiger partial charge on any atom is 0.467 e. The zero-order valence-corrected chi connectivity index (χ0v) is 14.2. The van der Waals surface area contributed by atoms with Gasteiger partial charge in [-0.3, -0.25) is 0 Å². The summed E-state index contributed by atoms with van der Waals surface area (Å²) in [5, 5.41) is -7.19. The average Bonchev–Trinajstić information content (AvgIpc) is 2.44. The highest BCUT2D eigenvalue weighted by Gasteiger charge is 2.88. The Balaban J connectivity index is 5.89. The van der Waals surface area contributed by atoms with E-state index in [-0.39, 0.29) is 12.6 Å². The molecule has 0 spiro atoms. The topological polar surface area (TPSA) is 60.4 Å². The molecule has 0 fully saturated rings. The predicted octanol–water partition coefficient (Wildman–Crippen LogP) is 3.19. The van der Waals surface area contributed by atoms with Crippen LogP contribution in [0.25, 0.3) is 0 Å². The number of ether oxygens (including phenoxy) is 1. The van der Waals surface area contributed by atoms with Crippen molar-refractivity contribution < 1.29 is 66.1 Å². The van der Waals surface area contributed by atoms with Crippen LogP contribution < -0.4 is 0 Å². The quantitative estimate of drug-likeness (QED) is 0.250. The number of sulfonamides is 1. The van der Waals surface area contributed by atoms with Crippen LogP contribution in [0.4, 0.5) is 44.0 Å². The van der Waals surface area contributed by atoms with Crippen molar-refractivity contribution >= 4 is 16.0 Å². The number of nitrogens with zero attached hydrogens (tertiary/aromatic N) is 1. The summed E-state index contributed by atoms with van der Waals surface area (Å²) in [5.41, 5.74) is -0.312. The van der Waals surface area contributed by atoms with Crippen molar-refractivity contribution in [2.75, 3.05) is 20.2 Å². The molecule has 5 nitrogen and oxygen atoms in total. The number of alkyl halides is 9. The molecule has 0 aromatic rings. The summed E-state index contributed by atoms with van der Waals surface area (Å²) in [6.07, 6.45) is -7.27. The monoisotopic (exact) mass is 444 g/mol. The standard InChI is InChI=1S/C11H12F10NO4S/c1-6(2)7(23)26-5-4-22(3,21)27(24,25)11(19,20)9(14,15)8(12,13)10(16,17)18/h1,4-5H2,2-3H3/q+1. The van der Waals surface area contributed by atoms with E-state index in [1.54, 1.807) is 0 Å².